The number of aliphatic hydroxyl groups excluding tert-OH is 1. The van der Waals surface area contributed by atoms with E-state index in [1.54, 1.807) is 41.0 Å². The lowest BCUT2D eigenvalue weighted by Gasteiger charge is -2.19. The van der Waals surface area contributed by atoms with Crippen LogP contribution in [0.2, 0.25) is 5.02 Å². The van der Waals surface area contributed by atoms with E-state index < -0.39 is 0 Å². The third-order valence-electron chi connectivity index (χ3n) is 4.92. The molecule has 164 valence electrons. The molecule has 2 N–H and O–H groups in total. The normalized spacial score (nSPS) is 12.0. The van der Waals surface area contributed by atoms with Crippen molar-refractivity contribution in [1.29, 1.82) is 0 Å². The molecule has 1 unspecified atom stereocenters. The van der Waals surface area contributed by atoms with Crippen molar-refractivity contribution in [3.8, 4) is 5.69 Å². The fourth-order valence-electron chi connectivity index (χ4n) is 3.28. The highest BCUT2D eigenvalue weighted by molar-refractivity contribution is 7.99. The molecule has 0 aliphatic heterocycles. The number of benzene rings is 1. The van der Waals surface area contributed by atoms with Crippen LogP contribution in [-0.4, -0.2) is 38.1 Å². The Labute approximate surface area is 192 Å². The van der Waals surface area contributed by atoms with E-state index in [-0.39, 0.29) is 18.6 Å². The second kappa shape index (κ2) is 11.3. The van der Waals surface area contributed by atoms with Gasteiger partial charge in [-0.05, 0) is 55.7 Å². The van der Waals surface area contributed by atoms with Gasteiger partial charge in [-0.1, -0.05) is 24.9 Å². The molecule has 0 saturated carbocycles. The van der Waals surface area contributed by atoms with Crippen LogP contribution < -0.4 is 5.32 Å². The highest BCUT2D eigenvalue weighted by atomic mass is 35.5. The molecule has 1 aromatic carbocycles. The molecule has 0 aliphatic carbocycles. The molecule has 1 atom stereocenters. The number of nitrogens with one attached hydrogen (secondary N) is 1. The summed E-state index contributed by atoms with van der Waals surface area (Å²) in [7, 11) is 0. The number of hydrogen-bond donors (Lipinski definition) is 2. The number of hydrogen-bond acceptors (Lipinski definition) is 5. The van der Waals surface area contributed by atoms with Crippen molar-refractivity contribution in [2.24, 2.45) is 0 Å². The van der Waals surface area contributed by atoms with Crippen LogP contribution in [0.1, 0.15) is 53.8 Å². The van der Waals surface area contributed by atoms with Gasteiger partial charge in [0.2, 0.25) is 0 Å². The van der Waals surface area contributed by atoms with Gasteiger partial charge in [0.05, 0.1) is 29.2 Å². The van der Waals surface area contributed by atoms with E-state index in [1.807, 2.05) is 25.3 Å². The van der Waals surface area contributed by atoms with Crippen molar-refractivity contribution in [3.05, 3.63) is 70.8 Å². The number of aromatic nitrogens is 3. The molecule has 31 heavy (non-hydrogen) atoms. The van der Waals surface area contributed by atoms with Gasteiger partial charge in [0.15, 0.2) is 0 Å². The van der Waals surface area contributed by atoms with E-state index in [9.17, 15) is 4.79 Å². The minimum absolute atomic E-state index is 0.137. The predicted molar refractivity (Wildman–Crippen MR) is 125 cm³/mol. The summed E-state index contributed by atoms with van der Waals surface area (Å²) in [6.07, 6.45) is 7.69. The largest absolute Gasteiger partial charge is 0.396 e. The van der Waals surface area contributed by atoms with Gasteiger partial charge in [0.25, 0.3) is 5.91 Å². The van der Waals surface area contributed by atoms with Crippen molar-refractivity contribution in [3.63, 3.8) is 0 Å². The van der Waals surface area contributed by atoms with Crippen LogP contribution in [0, 0.1) is 6.92 Å². The highest BCUT2D eigenvalue weighted by Gasteiger charge is 2.20. The zero-order valence-electron chi connectivity index (χ0n) is 17.7. The van der Waals surface area contributed by atoms with Gasteiger partial charge in [0.1, 0.15) is 0 Å². The van der Waals surface area contributed by atoms with Gasteiger partial charge >= 0.3 is 0 Å². The van der Waals surface area contributed by atoms with E-state index in [2.05, 4.69) is 28.4 Å². The van der Waals surface area contributed by atoms with Crippen LogP contribution in [0.3, 0.4) is 0 Å². The average molecular weight is 459 g/mol. The first-order chi connectivity index (χ1) is 15.0. The summed E-state index contributed by atoms with van der Waals surface area (Å²) in [5.74, 6) is 0.671. The Kier molecular flexibility index (Phi) is 8.51. The Morgan fingerprint density at radius 1 is 1.26 bits per heavy atom. The molecule has 0 aliphatic rings. The highest BCUT2D eigenvalue weighted by Crippen LogP contribution is 2.25. The maximum Gasteiger partial charge on any atom is 0.255 e. The smallest absolute Gasteiger partial charge is 0.255 e. The number of halogens is 1. The molecule has 6 nitrogen and oxygen atoms in total. The van der Waals surface area contributed by atoms with Crippen molar-refractivity contribution in [2.75, 3.05) is 12.4 Å². The van der Waals surface area contributed by atoms with Gasteiger partial charge < -0.3 is 10.4 Å². The first-order valence-electron chi connectivity index (χ1n) is 10.3. The Balaban J connectivity index is 1.77. The Morgan fingerprint density at radius 2 is 2.03 bits per heavy atom. The van der Waals surface area contributed by atoms with Crippen LogP contribution in [0.25, 0.3) is 5.69 Å². The number of carbonyl (C=O) groups is 1. The van der Waals surface area contributed by atoms with E-state index in [1.165, 1.54) is 0 Å². The molecule has 3 aromatic rings. The first kappa shape index (κ1) is 23.3. The molecule has 1 amide bonds. The van der Waals surface area contributed by atoms with Gasteiger partial charge in [0, 0.05) is 34.7 Å². The lowest BCUT2D eigenvalue weighted by Crippen LogP contribution is -2.29. The monoisotopic (exact) mass is 458 g/mol. The topological polar surface area (TPSA) is 80.0 Å². The number of nitrogens with zero attached hydrogens (tertiary/aromatic N) is 3. The van der Waals surface area contributed by atoms with Crippen LogP contribution in [0.15, 0.2) is 53.8 Å². The fourth-order valence-corrected chi connectivity index (χ4v) is 4.27. The second-order valence-electron chi connectivity index (χ2n) is 7.23. The van der Waals surface area contributed by atoms with Gasteiger partial charge in [-0.2, -0.15) is 5.10 Å². The van der Waals surface area contributed by atoms with Crippen LogP contribution in [-0.2, 0) is 0 Å². The molecular formula is C23H27ClN4O2S. The third kappa shape index (κ3) is 6.09. The summed E-state index contributed by atoms with van der Waals surface area (Å²) in [6.45, 7) is 4.15. The standard InChI is InChI=1S/C23H27ClN4O2S/c1-3-5-22(17-12-20(14-25-13-17)31-11-4-10-29)27-23(30)21-15-26-28(16(21)2)19-8-6-18(24)7-9-19/h6-9,12-15,22,29H,3-5,10-11H2,1-2H3,(H,27,30). The lowest BCUT2D eigenvalue weighted by molar-refractivity contribution is 0.0933. The number of aliphatic hydroxyl groups is 1. The van der Waals surface area contributed by atoms with Crippen molar-refractivity contribution in [1.82, 2.24) is 20.1 Å². The van der Waals surface area contributed by atoms with Crippen molar-refractivity contribution in [2.45, 2.75) is 44.0 Å². The molecular weight excluding hydrogens is 432 g/mol. The number of carbonyl (C=O) groups excluding carboxylic acids is 1. The molecule has 0 spiro atoms. The quantitative estimate of drug-likeness (QED) is 0.331. The maximum absolute atomic E-state index is 13.1. The van der Waals surface area contributed by atoms with E-state index in [4.69, 9.17) is 16.7 Å². The zero-order valence-corrected chi connectivity index (χ0v) is 19.3. The fraction of sp³-hybridized carbons (Fsp3) is 0.348. The van der Waals surface area contributed by atoms with Crippen LogP contribution >= 0.6 is 23.4 Å². The minimum atomic E-state index is -0.158. The summed E-state index contributed by atoms with van der Waals surface area (Å²) in [4.78, 5) is 18.5. The predicted octanol–water partition coefficient (Wildman–Crippen LogP) is 4.97. The molecule has 0 radical (unpaired) electrons. The molecule has 2 heterocycles. The Morgan fingerprint density at radius 3 is 2.74 bits per heavy atom. The first-order valence-corrected chi connectivity index (χ1v) is 11.7. The number of rotatable bonds is 10. The molecule has 8 heteroatoms. The SMILES string of the molecule is CCCC(NC(=O)c1cnn(-c2ccc(Cl)cc2)c1C)c1cncc(SCCCO)c1. The molecule has 0 fully saturated rings. The van der Waals surface area contributed by atoms with E-state index >= 15 is 0 Å². The van der Waals surface area contributed by atoms with Gasteiger partial charge in [-0.15, -0.1) is 11.8 Å². The summed E-state index contributed by atoms with van der Waals surface area (Å²) in [6, 6.07) is 9.27. The van der Waals surface area contributed by atoms with E-state index in [0.29, 0.717) is 10.6 Å². The van der Waals surface area contributed by atoms with Crippen LogP contribution in [0.5, 0.6) is 0 Å². The van der Waals surface area contributed by atoms with E-state index in [0.717, 1.165) is 46.9 Å². The van der Waals surface area contributed by atoms with Crippen molar-refractivity contribution < 1.29 is 9.90 Å². The third-order valence-corrected chi connectivity index (χ3v) is 6.22. The summed E-state index contributed by atoms with van der Waals surface area (Å²) < 4.78 is 1.74. The number of thioether (sulfide) groups is 1. The zero-order chi connectivity index (χ0) is 22.2. The van der Waals surface area contributed by atoms with Gasteiger partial charge in [-0.3, -0.25) is 9.78 Å². The van der Waals surface area contributed by atoms with Crippen molar-refractivity contribution >= 4 is 29.3 Å². The summed E-state index contributed by atoms with van der Waals surface area (Å²) in [5.41, 5.74) is 3.13. The van der Waals surface area contributed by atoms with Crippen LogP contribution in [0.4, 0.5) is 0 Å². The summed E-state index contributed by atoms with van der Waals surface area (Å²) >= 11 is 7.63. The number of pyridine rings is 1. The Hall–Kier alpha value is -2.35. The summed E-state index contributed by atoms with van der Waals surface area (Å²) in [5, 5.41) is 17.2. The average Bonchev–Trinajstić information content (AvgIpc) is 3.16. The maximum atomic E-state index is 13.1. The number of amides is 1. The Bertz CT molecular complexity index is 1010. The molecule has 2 aromatic heterocycles. The molecule has 0 bridgehead atoms. The lowest BCUT2D eigenvalue weighted by atomic mass is 10.0. The molecule has 3 rings (SSSR count). The van der Waals surface area contributed by atoms with Gasteiger partial charge in [-0.25, -0.2) is 4.68 Å². The second-order valence-corrected chi connectivity index (χ2v) is 8.83. The molecule has 0 saturated heterocycles. The minimum Gasteiger partial charge on any atom is -0.396 e.